The van der Waals surface area contributed by atoms with Gasteiger partial charge in [0, 0.05) is 26.4 Å². The van der Waals surface area contributed by atoms with Gasteiger partial charge in [0.2, 0.25) is 10.9 Å². The number of thioether (sulfide) groups is 1. The third-order valence-corrected chi connectivity index (χ3v) is 11.4. The third kappa shape index (κ3) is 4.77. The quantitative estimate of drug-likeness (QED) is 0.125. The van der Waals surface area contributed by atoms with E-state index in [1.165, 1.54) is 28.8 Å². The Morgan fingerprint density at radius 1 is 0.896 bits per heavy atom. The summed E-state index contributed by atoms with van der Waals surface area (Å²) in [5, 5.41) is 10.4. The third-order valence-electron chi connectivity index (χ3n) is 8.46. The molecule has 0 radical (unpaired) electrons. The van der Waals surface area contributed by atoms with Gasteiger partial charge in [0.05, 0.1) is 23.2 Å². The zero-order valence-electron chi connectivity index (χ0n) is 24.9. The van der Waals surface area contributed by atoms with Crippen LogP contribution in [-0.4, -0.2) is 22.0 Å². The van der Waals surface area contributed by atoms with Crippen LogP contribution in [0.4, 0.5) is 10.8 Å². The first-order valence-corrected chi connectivity index (χ1v) is 17.6. The molecule has 0 saturated heterocycles. The second-order valence-corrected chi connectivity index (χ2v) is 14.9. The number of amides is 2. The summed E-state index contributed by atoms with van der Waals surface area (Å²) in [6, 6.07) is 24.9. The largest absolute Gasteiger partial charge is 0.450 e. The number of carbonyl (C=O) groups excluding carboxylic acids is 2. The molecule has 48 heavy (non-hydrogen) atoms. The predicted molar refractivity (Wildman–Crippen MR) is 190 cm³/mol. The lowest BCUT2D eigenvalue weighted by Crippen LogP contribution is -2.53. The van der Waals surface area contributed by atoms with Crippen molar-refractivity contribution < 1.29 is 14.0 Å². The van der Waals surface area contributed by atoms with E-state index in [0.29, 0.717) is 36.4 Å². The Morgan fingerprint density at radius 2 is 1.69 bits per heavy atom. The molecule has 2 aromatic heterocycles. The first-order chi connectivity index (χ1) is 23.2. The van der Waals surface area contributed by atoms with Crippen molar-refractivity contribution in [2.75, 3.05) is 9.80 Å². The molecule has 2 aliphatic heterocycles. The topological polar surface area (TPSA) is 96.6 Å². The second-order valence-electron chi connectivity index (χ2n) is 11.4. The Kier molecular flexibility index (Phi) is 7.61. The number of rotatable bonds is 6. The summed E-state index contributed by atoms with van der Waals surface area (Å²) in [4.78, 5) is 47.1. The van der Waals surface area contributed by atoms with E-state index in [2.05, 4.69) is 10.2 Å². The van der Waals surface area contributed by atoms with E-state index in [9.17, 15) is 9.59 Å². The Labute approximate surface area is 296 Å². The fourth-order valence-corrected chi connectivity index (χ4v) is 9.04. The van der Waals surface area contributed by atoms with Gasteiger partial charge in [-0.15, -0.1) is 10.2 Å². The monoisotopic (exact) mass is 730 g/mol. The summed E-state index contributed by atoms with van der Waals surface area (Å²) in [6.45, 7) is 2.19. The zero-order chi connectivity index (χ0) is 33.3. The number of halogens is 3. The van der Waals surface area contributed by atoms with Crippen LogP contribution in [0.15, 0.2) is 98.5 Å². The van der Waals surface area contributed by atoms with Gasteiger partial charge < -0.3 is 9.32 Å². The fraction of sp³-hybridized carbons (Fsp3) is 0.114. The lowest BCUT2D eigenvalue weighted by molar-refractivity contribution is -0.121. The lowest BCUT2D eigenvalue weighted by atomic mass is 9.84. The Bertz CT molecular complexity index is 2400. The number of fused-ring (bicyclic) bond motifs is 5. The lowest BCUT2D eigenvalue weighted by Gasteiger charge is -2.32. The van der Waals surface area contributed by atoms with Gasteiger partial charge in [-0.2, -0.15) is 0 Å². The van der Waals surface area contributed by atoms with Crippen LogP contribution < -0.4 is 15.2 Å². The first kappa shape index (κ1) is 31.1. The molecule has 8 rings (SSSR count). The van der Waals surface area contributed by atoms with Crippen molar-refractivity contribution in [1.29, 1.82) is 0 Å². The SMILES string of the molecule is Cc1cccc(CN2C(=O)C3(c4ccccc42)c2c(oc4ccc(Cl)cc4c2=O)C(=O)N3c2nnc(SCc3ccc(Cl)cc3Cl)s2)c1. The van der Waals surface area contributed by atoms with Crippen molar-refractivity contribution in [3.63, 3.8) is 0 Å². The van der Waals surface area contributed by atoms with Crippen LogP contribution >= 0.6 is 57.9 Å². The highest BCUT2D eigenvalue weighted by Crippen LogP contribution is 2.55. The molecule has 0 bridgehead atoms. The molecule has 238 valence electrons. The molecule has 2 amide bonds. The van der Waals surface area contributed by atoms with E-state index >= 15 is 4.79 Å². The van der Waals surface area contributed by atoms with Crippen LogP contribution in [0.1, 0.15) is 38.4 Å². The molecule has 4 heterocycles. The Hall–Kier alpha value is -4.19. The van der Waals surface area contributed by atoms with Gasteiger partial charge in [-0.3, -0.25) is 19.3 Å². The highest BCUT2D eigenvalue weighted by atomic mass is 35.5. The molecule has 13 heteroatoms. The molecular formula is C35H21Cl3N4O4S2. The van der Waals surface area contributed by atoms with Crippen LogP contribution in [0.5, 0.6) is 0 Å². The fourth-order valence-electron chi connectivity index (χ4n) is 6.41. The second kappa shape index (κ2) is 11.7. The highest BCUT2D eigenvalue weighted by Gasteiger charge is 2.66. The number of carbonyl (C=O) groups is 2. The molecule has 1 atom stereocenters. The van der Waals surface area contributed by atoms with Crippen LogP contribution in [0.25, 0.3) is 11.0 Å². The van der Waals surface area contributed by atoms with Crippen molar-refractivity contribution in [2.24, 2.45) is 0 Å². The summed E-state index contributed by atoms with van der Waals surface area (Å²) in [5.74, 6) is -0.925. The molecular weight excluding hydrogens is 711 g/mol. The average molecular weight is 732 g/mol. The van der Waals surface area contributed by atoms with Gasteiger partial charge in [-0.1, -0.05) is 112 Å². The number of anilines is 2. The van der Waals surface area contributed by atoms with E-state index in [-0.39, 0.29) is 34.0 Å². The summed E-state index contributed by atoms with van der Waals surface area (Å²) in [7, 11) is 0. The number of para-hydroxylation sites is 1. The summed E-state index contributed by atoms with van der Waals surface area (Å²) in [5.41, 5.74) is 1.45. The Morgan fingerprint density at radius 3 is 2.50 bits per heavy atom. The molecule has 8 nitrogen and oxygen atoms in total. The maximum atomic E-state index is 15.2. The van der Waals surface area contributed by atoms with Crippen LogP contribution in [0.3, 0.4) is 0 Å². The zero-order valence-corrected chi connectivity index (χ0v) is 28.8. The number of hydrogen-bond acceptors (Lipinski definition) is 8. The van der Waals surface area contributed by atoms with E-state index in [1.54, 1.807) is 35.2 Å². The predicted octanol–water partition coefficient (Wildman–Crippen LogP) is 8.66. The number of aryl methyl sites for hydroxylation is 1. The molecule has 0 N–H and O–H groups in total. The molecule has 0 fully saturated rings. The van der Waals surface area contributed by atoms with E-state index in [0.717, 1.165) is 28.0 Å². The van der Waals surface area contributed by atoms with Crippen LogP contribution in [0, 0.1) is 6.92 Å². The first-order valence-electron chi connectivity index (χ1n) is 14.7. The molecule has 0 saturated carbocycles. The number of aromatic nitrogens is 2. The minimum Gasteiger partial charge on any atom is -0.450 e. The molecule has 0 aliphatic carbocycles. The molecule has 6 aromatic rings. The molecule has 2 aliphatic rings. The van der Waals surface area contributed by atoms with Gasteiger partial charge in [0.15, 0.2) is 15.3 Å². The maximum Gasteiger partial charge on any atom is 0.297 e. The van der Waals surface area contributed by atoms with Gasteiger partial charge in [-0.05, 0) is 54.4 Å². The summed E-state index contributed by atoms with van der Waals surface area (Å²) >= 11 is 21.3. The van der Waals surface area contributed by atoms with Gasteiger partial charge in [0.1, 0.15) is 5.58 Å². The van der Waals surface area contributed by atoms with Gasteiger partial charge >= 0.3 is 0 Å². The molecule has 1 unspecified atom stereocenters. The smallest absolute Gasteiger partial charge is 0.297 e. The minimum absolute atomic E-state index is 0.0798. The van der Waals surface area contributed by atoms with E-state index in [1.807, 2.05) is 49.4 Å². The normalized spacial score (nSPS) is 16.8. The van der Waals surface area contributed by atoms with Gasteiger partial charge in [0.25, 0.3) is 11.8 Å². The van der Waals surface area contributed by atoms with Crippen molar-refractivity contribution in [3.8, 4) is 0 Å². The average Bonchev–Trinajstić information content (AvgIpc) is 3.70. The minimum atomic E-state index is -1.91. The maximum absolute atomic E-state index is 15.2. The standard InChI is InChI=1S/C35H21Cl3N4O4S2/c1-18-5-4-6-19(13-18)16-41-26-8-3-2-7-24(26)35(32(41)45)28-29(43)23-14-21(36)11-12-27(23)46-30(28)31(44)42(35)33-39-40-34(48-33)47-17-20-9-10-22(37)15-25(20)38/h2-15H,16-17H2,1H3. The van der Waals surface area contributed by atoms with Crippen molar-refractivity contribution in [3.05, 3.63) is 144 Å². The van der Waals surface area contributed by atoms with Crippen LogP contribution in [0.2, 0.25) is 15.1 Å². The van der Waals surface area contributed by atoms with Crippen LogP contribution in [-0.2, 0) is 22.6 Å². The summed E-state index contributed by atoms with van der Waals surface area (Å²) < 4.78 is 6.69. The Balaban J connectivity index is 1.31. The number of nitrogens with zero attached hydrogens (tertiary/aromatic N) is 4. The molecule has 1 spiro atoms. The van der Waals surface area contributed by atoms with Crippen molar-refractivity contribution in [2.45, 2.75) is 29.1 Å². The van der Waals surface area contributed by atoms with E-state index < -0.39 is 22.8 Å². The van der Waals surface area contributed by atoms with E-state index in [4.69, 9.17) is 39.2 Å². The number of hydrogen-bond donors (Lipinski definition) is 0. The summed E-state index contributed by atoms with van der Waals surface area (Å²) in [6.07, 6.45) is 0. The van der Waals surface area contributed by atoms with Gasteiger partial charge in [-0.25, -0.2) is 0 Å². The van der Waals surface area contributed by atoms with Crippen molar-refractivity contribution >= 4 is 91.5 Å². The van der Waals surface area contributed by atoms with Crippen molar-refractivity contribution in [1.82, 2.24) is 10.2 Å². The molecule has 4 aromatic carbocycles. The highest BCUT2D eigenvalue weighted by molar-refractivity contribution is 8.00. The number of benzene rings is 4.